The minimum absolute atomic E-state index is 0.0726. The van der Waals surface area contributed by atoms with Crippen molar-refractivity contribution in [3.05, 3.63) is 82.6 Å². The van der Waals surface area contributed by atoms with E-state index >= 15 is 0 Å². The maximum atomic E-state index is 12.1. The van der Waals surface area contributed by atoms with Gasteiger partial charge in [0, 0.05) is 53.0 Å². The number of fused-ring (bicyclic) bond motifs is 1. The molecule has 0 spiro atoms. The Morgan fingerprint density at radius 1 is 1.05 bits per heavy atom. The fourth-order valence-electron chi connectivity index (χ4n) is 4.37. The van der Waals surface area contributed by atoms with E-state index in [-0.39, 0.29) is 12.0 Å². The summed E-state index contributed by atoms with van der Waals surface area (Å²) in [5.74, 6) is -0.583. The maximum absolute atomic E-state index is 12.1. The lowest BCUT2D eigenvalue weighted by atomic mass is 10.1. The van der Waals surface area contributed by atoms with Gasteiger partial charge in [-0.1, -0.05) is 36.4 Å². The highest BCUT2D eigenvalue weighted by molar-refractivity contribution is 7.18. The highest BCUT2D eigenvalue weighted by Gasteiger charge is 2.22. The summed E-state index contributed by atoms with van der Waals surface area (Å²) in [5, 5.41) is 10.6. The van der Waals surface area contributed by atoms with E-state index in [4.69, 9.17) is 4.74 Å². The van der Waals surface area contributed by atoms with Crippen molar-refractivity contribution in [1.82, 2.24) is 29.7 Å². The first kappa shape index (κ1) is 25.6. The van der Waals surface area contributed by atoms with E-state index < -0.39 is 5.92 Å². The van der Waals surface area contributed by atoms with Crippen LogP contribution in [-0.4, -0.2) is 76.0 Å². The fourth-order valence-corrected chi connectivity index (χ4v) is 5.40. The number of carbonyl (C=O) groups is 1. The second kappa shape index (κ2) is 11.5. The number of ether oxygens (including phenoxy) is 1. The highest BCUT2D eigenvalue weighted by atomic mass is 32.1. The van der Waals surface area contributed by atoms with Crippen LogP contribution in [0.1, 0.15) is 27.7 Å². The van der Waals surface area contributed by atoms with Crippen LogP contribution < -0.4 is 4.74 Å². The molecular formula is C28H29N7O2S. The first-order chi connectivity index (χ1) is 18.5. The molecule has 1 aliphatic heterocycles. The quantitative estimate of drug-likeness (QED) is 0.357. The Hall–Kier alpha value is -4.07. The summed E-state index contributed by atoms with van der Waals surface area (Å²) in [5.41, 5.74) is 3.67. The van der Waals surface area contributed by atoms with Gasteiger partial charge in [-0.2, -0.15) is 10.2 Å². The second-order valence-electron chi connectivity index (χ2n) is 9.39. The molecule has 1 unspecified atom stereocenters. The normalized spacial score (nSPS) is 14.7. The van der Waals surface area contributed by atoms with Crippen LogP contribution in [0.4, 0.5) is 4.79 Å². The Morgan fingerprint density at radius 2 is 1.79 bits per heavy atom. The third-order valence-electron chi connectivity index (χ3n) is 6.46. The number of piperazine rings is 1. The van der Waals surface area contributed by atoms with E-state index in [0.29, 0.717) is 17.3 Å². The zero-order valence-electron chi connectivity index (χ0n) is 21.4. The van der Waals surface area contributed by atoms with Crippen molar-refractivity contribution < 1.29 is 9.53 Å². The lowest BCUT2D eigenvalue weighted by Crippen LogP contribution is -2.51. The number of aromatic nitrogens is 3. The average molecular weight is 528 g/mol. The number of urea groups is 1. The lowest BCUT2D eigenvalue weighted by Gasteiger charge is -2.36. The number of thiazole rings is 1. The first-order valence-corrected chi connectivity index (χ1v) is 13.3. The zero-order valence-corrected chi connectivity index (χ0v) is 22.3. The summed E-state index contributed by atoms with van der Waals surface area (Å²) in [6, 6.07) is 20.5. The van der Waals surface area contributed by atoms with Crippen molar-refractivity contribution >= 4 is 27.6 Å². The molecule has 5 rings (SSSR count). The largest absolute Gasteiger partial charge is 0.459 e. The molecule has 0 radical (unpaired) electrons. The molecule has 1 aliphatic rings. The van der Waals surface area contributed by atoms with Gasteiger partial charge in [0.25, 0.3) is 0 Å². The predicted octanol–water partition coefficient (Wildman–Crippen LogP) is 4.12. The van der Waals surface area contributed by atoms with Gasteiger partial charge < -0.3 is 14.5 Å². The Bertz CT molecular complexity index is 1410. The molecule has 2 aromatic heterocycles. The Balaban J connectivity index is 1.16. The van der Waals surface area contributed by atoms with Gasteiger partial charge in [-0.05, 0) is 29.3 Å². The molecule has 0 saturated carbocycles. The number of para-hydroxylation sites is 1. The third-order valence-corrected chi connectivity index (χ3v) is 7.56. The molecule has 0 aliphatic carbocycles. The van der Waals surface area contributed by atoms with Crippen LogP contribution in [0.3, 0.4) is 0 Å². The van der Waals surface area contributed by atoms with E-state index in [1.807, 2.05) is 41.3 Å². The molecule has 194 valence electrons. The van der Waals surface area contributed by atoms with Gasteiger partial charge in [-0.3, -0.25) is 4.90 Å². The number of rotatable bonds is 7. The number of carbonyl (C=O) groups excluding carboxylic acids is 1. The molecular weight excluding hydrogens is 498 g/mol. The van der Waals surface area contributed by atoms with Crippen LogP contribution in [0.2, 0.25) is 0 Å². The van der Waals surface area contributed by atoms with Crippen molar-refractivity contribution in [2.24, 2.45) is 0 Å². The molecule has 10 heteroatoms. The summed E-state index contributed by atoms with van der Waals surface area (Å²) in [4.78, 5) is 31.4. The molecule has 38 heavy (non-hydrogen) atoms. The number of hydrogen-bond acceptors (Lipinski definition) is 8. The van der Waals surface area contributed by atoms with Crippen LogP contribution in [-0.2, 0) is 13.2 Å². The van der Waals surface area contributed by atoms with Gasteiger partial charge >= 0.3 is 12.0 Å². The van der Waals surface area contributed by atoms with E-state index in [0.717, 1.165) is 48.5 Å². The maximum Gasteiger partial charge on any atom is 0.319 e. The van der Waals surface area contributed by atoms with Crippen LogP contribution in [0.25, 0.3) is 10.2 Å². The molecule has 0 bridgehead atoms. The highest BCUT2D eigenvalue weighted by Crippen LogP contribution is 2.31. The van der Waals surface area contributed by atoms with Crippen LogP contribution in [0, 0.1) is 11.3 Å². The molecule has 1 atom stereocenters. The van der Waals surface area contributed by atoms with Gasteiger partial charge in [-0.25, -0.2) is 14.8 Å². The second-order valence-corrected chi connectivity index (χ2v) is 10.5. The van der Waals surface area contributed by atoms with Gasteiger partial charge in [0.1, 0.15) is 17.5 Å². The monoisotopic (exact) mass is 527 g/mol. The number of nitrogens with zero attached hydrogens (tertiary/aromatic N) is 7. The summed E-state index contributed by atoms with van der Waals surface area (Å²) < 4.78 is 6.91. The average Bonchev–Trinajstić information content (AvgIpc) is 3.37. The standard InChI is InChI=1S/C28H29N7O2S/c1-33(2)28(36)35-15-13-34(14-16-35)18-20-7-9-21(10-8-20)19-37-27-30-12-11-23(32-27)22(17-29)26-31-24-5-3-4-6-25(24)38-26/h3-12,22H,13-16,18-19H2,1-2H3. The molecule has 2 aromatic carbocycles. The fraction of sp³-hybridized carbons (Fsp3) is 0.321. The van der Waals surface area contributed by atoms with Gasteiger partial charge in [0.05, 0.1) is 22.0 Å². The van der Waals surface area contributed by atoms with Gasteiger partial charge in [0.2, 0.25) is 0 Å². The Kier molecular flexibility index (Phi) is 7.77. The van der Waals surface area contributed by atoms with Crippen molar-refractivity contribution in [3.8, 4) is 12.1 Å². The number of hydrogen-bond donors (Lipinski definition) is 0. The van der Waals surface area contributed by atoms with Gasteiger partial charge in [-0.15, -0.1) is 11.3 Å². The minimum Gasteiger partial charge on any atom is -0.459 e. The predicted molar refractivity (Wildman–Crippen MR) is 146 cm³/mol. The lowest BCUT2D eigenvalue weighted by molar-refractivity contribution is 0.120. The smallest absolute Gasteiger partial charge is 0.319 e. The topological polar surface area (TPSA) is 98.5 Å². The summed E-state index contributed by atoms with van der Waals surface area (Å²) in [6.45, 7) is 4.38. The Morgan fingerprint density at radius 3 is 2.50 bits per heavy atom. The van der Waals surface area contributed by atoms with Gasteiger partial charge in [0.15, 0.2) is 0 Å². The van der Waals surface area contributed by atoms with Crippen LogP contribution >= 0.6 is 11.3 Å². The molecule has 2 amide bonds. The molecule has 9 nitrogen and oxygen atoms in total. The van der Waals surface area contributed by atoms with Crippen molar-refractivity contribution in [3.63, 3.8) is 0 Å². The van der Waals surface area contributed by atoms with E-state index in [1.54, 1.807) is 31.3 Å². The summed E-state index contributed by atoms with van der Waals surface area (Å²) in [6.07, 6.45) is 1.62. The molecule has 4 aromatic rings. The number of amides is 2. The SMILES string of the molecule is CN(C)C(=O)N1CCN(Cc2ccc(COc3nccc(C(C#N)c4nc5ccccc5s4)n3)cc2)CC1. The minimum atomic E-state index is -0.583. The van der Waals surface area contributed by atoms with Crippen molar-refractivity contribution in [2.45, 2.75) is 19.1 Å². The molecule has 1 saturated heterocycles. The van der Waals surface area contributed by atoms with Crippen LogP contribution in [0.15, 0.2) is 60.8 Å². The number of benzene rings is 2. The van der Waals surface area contributed by atoms with E-state index in [2.05, 4.69) is 38.1 Å². The van der Waals surface area contributed by atoms with Crippen molar-refractivity contribution in [2.75, 3.05) is 40.3 Å². The van der Waals surface area contributed by atoms with Crippen LogP contribution in [0.5, 0.6) is 6.01 Å². The summed E-state index contributed by atoms with van der Waals surface area (Å²) >= 11 is 1.50. The third kappa shape index (κ3) is 5.90. The van der Waals surface area contributed by atoms with E-state index in [1.165, 1.54) is 16.9 Å². The molecule has 0 N–H and O–H groups in total. The number of nitriles is 1. The Labute approximate surface area is 225 Å². The first-order valence-electron chi connectivity index (χ1n) is 12.5. The molecule has 3 heterocycles. The molecule has 1 fully saturated rings. The van der Waals surface area contributed by atoms with E-state index in [9.17, 15) is 10.1 Å². The summed E-state index contributed by atoms with van der Waals surface area (Å²) in [7, 11) is 3.58. The van der Waals surface area contributed by atoms with Crippen molar-refractivity contribution in [1.29, 1.82) is 5.26 Å². The zero-order chi connectivity index (χ0) is 26.5.